The van der Waals surface area contributed by atoms with Gasteiger partial charge in [-0.25, -0.2) is 14.2 Å². The van der Waals surface area contributed by atoms with Crippen LogP contribution in [-0.4, -0.2) is 142 Å². The molecule has 0 spiro atoms. The molecule has 2 unspecified atom stereocenters. The van der Waals surface area contributed by atoms with E-state index in [0.717, 1.165) is 12.2 Å². The standard InChI is InChI=1S/C52H55FN10O15/c1-4-52(76)31-15-36-46-29(22-62(36)50(74)30(31)23-77-51(52)75)45-33(11-10-28-25(2)32(53)16-34(60-46)44(28)45)61-47(71)26(3)78-24-58-39(65)19-56-48(72)35(14-27-8-6-5-7-9-27)59-40(66)20-55-38(64)18-57-49(73)37(17-54-21-43(69)70)63-41(67)12-13-42(63)68/h5-9,12-13,15-16,26,33,35,37,54,76H,4,10-11,14,17-24H2,1-3H3,(H,55,64)(H,56,72)(H,57,73)(H,58,65)(H,59,66)(H,61,71)(H,69,70)/t26?,33-,35-,37?,52-/m0/s1. The van der Waals surface area contributed by atoms with Gasteiger partial charge in [-0.3, -0.25) is 52.8 Å². The summed E-state index contributed by atoms with van der Waals surface area (Å²) in [7, 11) is 0. The Morgan fingerprint density at radius 2 is 1.55 bits per heavy atom. The van der Waals surface area contributed by atoms with Crippen LogP contribution < -0.4 is 42.8 Å². The summed E-state index contributed by atoms with van der Waals surface area (Å²) >= 11 is 0. The number of carbonyl (C=O) groups is 10. The smallest absolute Gasteiger partial charge is 0.343 e. The van der Waals surface area contributed by atoms with Gasteiger partial charge in [0, 0.05) is 47.7 Å². The number of halogens is 1. The topological polar surface area (TPSA) is 352 Å². The Labute approximate surface area is 442 Å². The van der Waals surface area contributed by atoms with Crippen LogP contribution in [0.1, 0.15) is 71.7 Å². The van der Waals surface area contributed by atoms with Crippen LogP contribution in [0.25, 0.3) is 22.3 Å². The minimum absolute atomic E-state index is 0.0285. The third-order valence-electron chi connectivity index (χ3n) is 14.0. The van der Waals surface area contributed by atoms with Gasteiger partial charge in [0.25, 0.3) is 17.4 Å². The summed E-state index contributed by atoms with van der Waals surface area (Å²) in [4.78, 5) is 147. The number of aromatic nitrogens is 2. The zero-order chi connectivity index (χ0) is 56.2. The van der Waals surface area contributed by atoms with Gasteiger partial charge in [-0.15, -0.1) is 0 Å². The zero-order valence-corrected chi connectivity index (χ0v) is 42.4. The van der Waals surface area contributed by atoms with Crippen molar-refractivity contribution in [2.75, 3.05) is 39.5 Å². The fourth-order valence-corrected chi connectivity index (χ4v) is 9.83. The molecule has 0 fully saturated rings. The number of hydrogen-bond acceptors (Lipinski definition) is 16. The molecule has 26 heteroatoms. The quantitative estimate of drug-likeness (QED) is 0.0209. The maximum absolute atomic E-state index is 15.4. The number of aliphatic carboxylic acids is 1. The summed E-state index contributed by atoms with van der Waals surface area (Å²) in [5.41, 5.74) is 1.58. The first-order chi connectivity index (χ1) is 37.2. The Balaban J connectivity index is 0.848. The van der Waals surface area contributed by atoms with Crippen LogP contribution in [-0.2, 0) is 89.0 Å². The number of imide groups is 1. The molecule has 5 atom stereocenters. The maximum atomic E-state index is 15.4. The highest BCUT2D eigenvalue weighted by Gasteiger charge is 2.46. The molecule has 25 nitrogen and oxygen atoms in total. The lowest BCUT2D eigenvalue weighted by Gasteiger charge is -2.31. The molecule has 5 heterocycles. The van der Waals surface area contributed by atoms with Crippen molar-refractivity contribution in [2.24, 2.45) is 0 Å². The first kappa shape index (κ1) is 55.5. The number of nitrogens with zero attached hydrogens (tertiary/aromatic N) is 3. The van der Waals surface area contributed by atoms with E-state index >= 15 is 4.39 Å². The molecule has 8 rings (SSSR count). The molecule has 4 aromatic rings. The van der Waals surface area contributed by atoms with E-state index in [1.807, 2.05) is 0 Å². The third kappa shape index (κ3) is 11.5. The van der Waals surface area contributed by atoms with Crippen molar-refractivity contribution in [3.05, 3.63) is 110 Å². The molecule has 0 bridgehead atoms. The molecule has 0 radical (unpaired) electrons. The summed E-state index contributed by atoms with van der Waals surface area (Å²) in [6.45, 7) is 0.932. The van der Waals surface area contributed by atoms with Crippen molar-refractivity contribution in [1.82, 2.24) is 51.7 Å². The Morgan fingerprint density at radius 3 is 2.24 bits per heavy atom. The minimum Gasteiger partial charge on any atom is -0.480 e. The second-order valence-corrected chi connectivity index (χ2v) is 18.9. The number of aryl methyl sites for hydroxylation is 1. The number of amides is 8. The van der Waals surface area contributed by atoms with Crippen LogP contribution in [0, 0.1) is 12.7 Å². The third-order valence-corrected chi connectivity index (χ3v) is 14.0. The molecular weight excluding hydrogens is 1020 g/mol. The number of carbonyl (C=O) groups excluding carboxylic acids is 9. The van der Waals surface area contributed by atoms with E-state index in [0.29, 0.717) is 62.3 Å². The second-order valence-electron chi connectivity index (χ2n) is 18.9. The fraction of sp³-hybridized carbons (Fsp3) is 0.385. The summed E-state index contributed by atoms with van der Waals surface area (Å²) in [6, 6.07) is 7.96. The van der Waals surface area contributed by atoms with Gasteiger partial charge in [0.05, 0.1) is 61.2 Å². The Kier molecular flexibility index (Phi) is 16.5. The second kappa shape index (κ2) is 23.2. The van der Waals surface area contributed by atoms with Crippen LogP contribution in [0.15, 0.2) is 59.4 Å². The zero-order valence-electron chi connectivity index (χ0n) is 42.4. The van der Waals surface area contributed by atoms with Gasteiger partial charge in [0.1, 0.15) is 37.3 Å². The molecule has 410 valence electrons. The van der Waals surface area contributed by atoms with Crippen molar-refractivity contribution >= 4 is 70.1 Å². The fourth-order valence-electron chi connectivity index (χ4n) is 9.83. The van der Waals surface area contributed by atoms with E-state index in [4.69, 9.17) is 19.6 Å². The number of hydrogen-bond donors (Lipinski definition) is 9. The van der Waals surface area contributed by atoms with Crippen LogP contribution in [0.4, 0.5) is 4.39 Å². The van der Waals surface area contributed by atoms with Gasteiger partial charge in [-0.05, 0) is 61.4 Å². The lowest BCUT2D eigenvalue weighted by atomic mass is 9.81. The molecular formula is C52H55FN10O15. The maximum Gasteiger partial charge on any atom is 0.343 e. The van der Waals surface area contributed by atoms with Crippen molar-refractivity contribution in [3.63, 3.8) is 0 Å². The van der Waals surface area contributed by atoms with Crippen LogP contribution in [0.5, 0.6) is 0 Å². The number of esters is 1. The van der Waals surface area contributed by atoms with Crippen molar-refractivity contribution in [2.45, 2.75) is 89.4 Å². The molecule has 4 aliphatic rings. The molecule has 78 heavy (non-hydrogen) atoms. The molecule has 2 aromatic carbocycles. The number of carboxylic acids is 1. The summed E-state index contributed by atoms with van der Waals surface area (Å²) in [6.07, 6.45) is 1.33. The van der Waals surface area contributed by atoms with Gasteiger partial charge < -0.3 is 61.5 Å². The number of fused-ring (bicyclic) bond motifs is 5. The Morgan fingerprint density at radius 1 is 0.872 bits per heavy atom. The van der Waals surface area contributed by atoms with Gasteiger partial charge in [0.15, 0.2) is 5.60 Å². The number of pyridine rings is 2. The van der Waals surface area contributed by atoms with Crippen LogP contribution >= 0.6 is 0 Å². The molecule has 9 N–H and O–H groups in total. The lowest BCUT2D eigenvalue weighted by molar-refractivity contribution is -0.172. The summed E-state index contributed by atoms with van der Waals surface area (Å²) in [5, 5.41) is 38.4. The van der Waals surface area contributed by atoms with Gasteiger partial charge in [-0.2, -0.15) is 0 Å². The highest BCUT2D eigenvalue weighted by Crippen LogP contribution is 2.46. The monoisotopic (exact) mass is 1080 g/mol. The van der Waals surface area contributed by atoms with Crippen molar-refractivity contribution in [1.29, 1.82) is 0 Å². The molecule has 8 amide bonds. The van der Waals surface area contributed by atoms with Crippen LogP contribution in [0.2, 0.25) is 0 Å². The average molecular weight is 1080 g/mol. The van der Waals surface area contributed by atoms with Crippen molar-refractivity contribution < 1.29 is 72.0 Å². The highest BCUT2D eigenvalue weighted by molar-refractivity contribution is 6.15. The molecule has 0 saturated heterocycles. The molecule has 2 aromatic heterocycles. The SMILES string of the molecule is CC[C@@]1(O)C(=O)OCc2c1cc1n(c2=O)Cc2c-1nc1cc(F)c(C)c3c1c2[C@@H](NC(=O)C(C)OCNC(=O)CNC(=O)[C@H](Cc1ccccc1)NC(=O)CNC(=O)CNC(=O)C(CNCC(=O)O)N1C(=O)C=CC1=O)CC3. The van der Waals surface area contributed by atoms with Gasteiger partial charge in [-0.1, -0.05) is 37.3 Å². The van der Waals surface area contributed by atoms with Crippen LogP contribution in [0.3, 0.4) is 0 Å². The van der Waals surface area contributed by atoms with E-state index in [1.54, 1.807) is 50.2 Å². The Hall–Kier alpha value is -8.75. The first-order valence-corrected chi connectivity index (χ1v) is 24.8. The van der Waals surface area contributed by atoms with E-state index in [1.165, 1.54) is 17.6 Å². The molecule has 1 aliphatic carbocycles. The highest BCUT2D eigenvalue weighted by atomic mass is 19.1. The minimum atomic E-state index is -2.07. The van der Waals surface area contributed by atoms with E-state index < -0.39 is 140 Å². The number of rotatable bonds is 22. The van der Waals surface area contributed by atoms with E-state index in [2.05, 4.69) is 37.2 Å². The summed E-state index contributed by atoms with van der Waals surface area (Å²) < 4.78 is 27.8. The largest absolute Gasteiger partial charge is 0.480 e. The molecule has 3 aliphatic heterocycles. The van der Waals surface area contributed by atoms with E-state index in [-0.39, 0.29) is 42.6 Å². The average Bonchev–Trinajstić information content (AvgIpc) is 4.15. The van der Waals surface area contributed by atoms with Crippen molar-refractivity contribution in [3.8, 4) is 11.4 Å². The number of cyclic esters (lactones) is 1. The predicted octanol–water partition coefficient (Wildman–Crippen LogP) is -1.85. The predicted molar refractivity (Wildman–Crippen MR) is 268 cm³/mol. The number of ether oxygens (including phenoxy) is 2. The lowest BCUT2D eigenvalue weighted by Crippen LogP contribution is -2.56. The number of carboxylic acid groups (broad SMARTS) is 1. The van der Waals surface area contributed by atoms with E-state index in [9.17, 15) is 57.8 Å². The van der Waals surface area contributed by atoms with Gasteiger partial charge >= 0.3 is 11.9 Å². The Bertz CT molecular complexity index is 3260. The number of nitrogens with one attached hydrogen (secondary N) is 7. The van der Waals surface area contributed by atoms with Gasteiger partial charge in [0.2, 0.25) is 35.4 Å². The first-order valence-electron chi connectivity index (χ1n) is 24.8. The normalized spacial score (nSPS) is 17.9. The molecule has 0 saturated carbocycles. The number of aliphatic hydroxyl groups is 1. The summed E-state index contributed by atoms with van der Waals surface area (Å²) in [5.74, 6) is -9.02. The number of benzene rings is 2.